The Kier molecular flexibility index (Phi) is 3.94. The van der Waals surface area contributed by atoms with Gasteiger partial charge in [-0.15, -0.1) is 13.9 Å². The van der Waals surface area contributed by atoms with Crippen LogP contribution in [0, 0.1) is 0 Å². The van der Waals surface area contributed by atoms with Gasteiger partial charge >= 0.3 is 6.29 Å². The maximum atomic E-state index is 13.0. The minimum atomic E-state index is -3.72. The third kappa shape index (κ3) is 3.41. The van der Waals surface area contributed by atoms with Gasteiger partial charge in [-0.1, -0.05) is 17.3 Å². The van der Waals surface area contributed by atoms with E-state index in [0.29, 0.717) is 10.9 Å². The number of benzene rings is 2. The Balaban J connectivity index is 1.42. The fourth-order valence-electron chi connectivity index (χ4n) is 2.63. The van der Waals surface area contributed by atoms with Gasteiger partial charge in [0.2, 0.25) is 5.91 Å². The first-order chi connectivity index (χ1) is 12.9. The summed E-state index contributed by atoms with van der Waals surface area (Å²) in [6.45, 7) is 0.0190. The maximum Gasteiger partial charge on any atom is 0.586 e. The largest absolute Gasteiger partial charge is 0.586 e. The molecule has 10 heteroatoms. The highest BCUT2D eigenvalue weighted by atomic mass is 19.3. The summed E-state index contributed by atoms with van der Waals surface area (Å²) in [6.07, 6.45) is -3.78. The van der Waals surface area contributed by atoms with E-state index >= 15 is 0 Å². The highest BCUT2D eigenvalue weighted by Crippen LogP contribution is 2.42. The molecule has 138 valence electrons. The second kappa shape index (κ2) is 6.31. The Morgan fingerprint density at radius 3 is 2.78 bits per heavy atom. The lowest BCUT2D eigenvalue weighted by atomic mass is 10.2. The van der Waals surface area contributed by atoms with E-state index in [2.05, 4.69) is 25.1 Å². The predicted molar refractivity (Wildman–Crippen MR) is 89.7 cm³/mol. The lowest BCUT2D eigenvalue weighted by Gasteiger charge is -2.07. The van der Waals surface area contributed by atoms with Crippen LogP contribution in [-0.4, -0.2) is 27.2 Å². The Morgan fingerprint density at radius 1 is 1.15 bits per heavy atom. The molecule has 0 unspecified atom stereocenters. The molecule has 0 fully saturated rings. The van der Waals surface area contributed by atoms with E-state index in [-0.39, 0.29) is 35.7 Å². The average Bonchev–Trinajstić information content (AvgIpc) is 2.94. The van der Waals surface area contributed by atoms with Crippen molar-refractivity contribution in [2.45, 2.75) is 19.3 Å². The fourth-order valence-corrected chi connectivity index (χ4v) is 2.63. The van der Waals surface area contributed by atoms with Crippen molar-refractivity contribution in [3.63, 3.8) is 0 Å². The van der Waals surface area contributed by atoms with Gasteiger partial charge in [0.15, 0.2) is 11.5 Å². The SMILES string of the molecule is O=C(CCn1nnc2ccccc2c1=O)Nc1ccc2c(c1)OC(F)(F)O2. The van der Waals surface area contributed by atoms with E-state index in [9.17, 15) is 18.4 Å². The summed E-state index contributed by atoms with van der Waals surface area (Å²) < 4.78 is 35.7. The van der Waals surface area contributed by atoms with Gasteiger partial charge in [-0.05, 0) is 24.3 Å². The van der Waals surface area contributed by atoms with E-state index in [1.807, 2.05) is 0 Å². The van der Waals surface area contributed by atoms with Crippen LogP contribution in [0.2, 0.25) is 0 Å². The van der Waals surface area contributed by atoms with Crippen LogP contribution in [0.5, 0.6) is 11.5 Å². The minimum Gasteiger partial charge on any atom is -0.395 e. The molecule has 1 N–H and O–H groups in total. The number of carbonyl (C=O) groups is 1. The molecule has 0 radical (unpaired) electrons. The minimum absolute atomic E-state index is 0.0190. The van der Waals surface area contributed by atoms with Crippen molar-refractivity contribution in [2.75, 3.05) is 5.32 Å². The smallest absolute Gasteiger partial charge is 0.395 e. The first-order valence-corrected chi connectivity index (χ1v) is 7.94. The number of hydrogen-bond acceptors (Lipinski definition) is 6. The third-order valence-corrected chi connectivity index (χ3v) is 3.87. The average molecular weight is 374 g/mol. The fraction of sp³-hybridized carbons (Fsp3) is 0.176. The van der Waals surface area contributed by atoms with E-state index in [0.717, 1.165) is 4.68 Å². The maximum absolute atomic E-state index is 13.0. The van der Waals surface area contributed by atoms with Crippen molar-refractivity contribution in [1.82, 2.24) is 15.0 Å². The summed E-state index contributed by atoms with van der Waals surface area (Å²) in [7, 11) is 0. The molecule has 8 nitrogen and oxygen atoms in total. The van der Waals surface area contributed by atoms with Crippen LogP contribution in [0.1, 0.15) is 6.42 Å². The highest BCUT2D eigenvalue weighted by molar-refractivity contribution is 5.91. The van der Waals surface area contributed by atoms with E-state index in [1.54, 1.807) is 24.3 Å². The molecule has 27 heavy (non-hydrogen) atoms. The zero-order valence-corrected chi connectivity index (χ0v) is 13.7. The monoisotopic (exact) mass is 374 g/mol. The van der Waals surface area contributed by atoms with Crippen LogP contribution in [-0.2, 0) is 11.3 Å². The molecule has 0 saturated heterocycles. The summed E-state index contributed by atoms with van der Waals surface area (Å²) in [5.74, 6) is -0.715. The number of carbonyl (C=O) groups excluding carboxylic acids is 1. The van der Waals surface area contributed by atoms with Crippen LogP contribution in [0.4, 0.5) is 14.5 Å². The molecule has 1 aromatic heterocycles. The van der Waals surface area contributed by atoms with Crippen molar-refractivity contribution >= 4 is 22.5 Å². The zero-order valence-electron chi connectivity index (χ0n) is 13.7. The molecular formula is C17H12F2N4O4. The Bertz CT molecular complexity index is 1100. The van der Waals surface area contributed by atoms with Crippen molar-refractivity contribution in [1.29, 1.82) is 0 Å². The van der Waals surface area contributed by atoms with Gasteiger partial charge in [0.1, 0.15) is 5.52 Å². The number of ether oxygens (including phenoxy) is 2. The van der Waals surface area contributed by atoms with E-state index in [1.165, 1.54) is 18.2 Å². The van der Waals surface area contributed by atoms with Crippen molar-refractivity contribution in [2.24, 2.45) is 0 Å². The number of aromatic nitrogens is 3. The number of amides is 1. The lowest BCUT2D eigenvalue weighted by molar-refractivity contribution is -0.286. The van der Waals surface area contributed by atoms with Crippen LogP contribution >= 0.6 is 0 Å². The molecule has 0 atom stereocenters. The highest BCUT2D eigenvalue weighted by Gasteiger charge is 2.43. The Morgan fingerprint density at radius 2 is 1.93 bits per heavy atom. The molecule has 2 heterocycles. The summed E-state index contributed by atoms with van der Waals surface area (Å²) in [5.41, 5.74) is 0.385. The Hall–Kier alpha value is -3.56. The predicted octanol–water partition coefficient (Wildman–Crippen LogP) is 2.14. The van der Waals surface area contributed by atoms with Crippen LogP contribution in [0.3, 0.4) is 0 Å². The zero-order chi connectivity index (χ0) is 19.0. The molecule has 1 aliphatic rings. The number of halogens is 2. The first kappa shape index (κ1) is 16.9. The number of nitrogens with one attached hydrogen (secondary N) is 1. The van der Waals surface area contributed by atoms with Crippen molar-refractivity contribution in [3.8, 4) is 11.5 Å². The van der Waals surface area contributed by atoms with E-state index < -0.39 is 12.2 Å². The number of fused-ring (bicyclic) bond motifs is 2. The molecule has 4 rings (SSSR count). The molecule has 0 saturated carbocycles. The summed E-state index contributed by atoms with van der Waals surface area (Å²) >= 11 is 0. The van der Waals surface area contributed by atoms with Crippen LogP contribution < -0.4 is 20.3 Å². The van der Waals surface area contributed by atoms with E-state index in [4.69, 9.17) is 0 Å². The van der Waals surface area contributed by atoms with Gasteiger partial charge in [-0.2, -0.15) is 0 Å². The number of alkyl halides is 2. The van der Waals surface area contributed by atoms with Gasteiger partial charge < -0.3 is 14.8 Å². The molecule has 0 aliphatic carbocycles. The van der Waals surface area contributed by atoms with Gasteiger partial charge in [0.25, 0.3) is 5.56 Å². The molecule has 0 bridgehead atoms. The number of rotatable bonds is 4. The number of anilines is 1. The second-order valence-electron chi connectivity index (χ2n) is 5.76. The number of aryl methyl sites for hydroxylation is 1. The molecule has 3 aromatic rings. The quantitative estimate of drug-likeness (QED) is 0.752. The molecule has 0 spiro atoms. The first-order valence-electron chi connectivity index (χ1n) is 7.94. The molecule has 1 amide bonds. The third-order valence-electron chi connectivity index (χ3n) is 3.87. The standard InChI is InChI=1S/C17H12F2N4O4/c18-17(19)26-13-6-5-10(9-14(13)27-17)20-15(24)7-8-23-16(25)11-3-1-2-4-12(11)21-22-23/h1-6,9H,7-8H2,(H,20,24). The topological polar surface area (TPSA) is 95.3 Å². The summed E-state index contributed by atoms with van der Waals surface area (Å²) in [6, 6.07) is 10.7. The van der Waals surface area contributed by atoms with Gasteiger partial charge in [0, 0.05) is 18.2 Å². The van der Waals surface area contributed by atoms with Crippen molar-refractivity contribution < 1.29 is 23.0 Å². The van der Waals surface area contributed by atoms with Crippen LogP contribution in [0.25, 0.3) is 10.9 Å². The normalized spacial score (nSPS) is 14.3. The Labute approximate surface area is 150 Å². The molecule has 2 aromatic carbocycles. The second-order valence-corrected chi connectivity index (χ2v) is 5.76. The number of nitrogens with zero attached hydrogens (tertiary/aromatic N) is 3. The van der Waals surface area contributed by atoms with Gasteiger partial charge in [0.05, 0.1) is 11.9 Å². The summed E-state index contributed by atoms with van der Waals surface area (Å²) in [5, 5.41) is 10.7. The lowest BCUT2D eigenvalue weighted by Crippen LogP contribution is -2.26. The van der Waals surface area contributed by atoms with Crippen LogP contribution in [0.15, 0.2) is 47.3 Å². The number of hydrogen-bond donors (Lipinski definition) is 1. The molecular weight excluding hydrogens is 362 g/mol. The van der Waals surface area contributed by atoms with Gasteiger partial charge in [-0.25, -0.2) is 4.68 Å². The summed E-state index contributed by atoms with van der Waals surface area (Å²) in [4.78, 5) is 24.4. The molecule has 1 aliphatic heterocycles. The van der Waals surface area contributed by atoms with Gasteiger partial charge in [-0.3, -0.25) is 9.59 Å². The van der Waals surface area contributed by atoms with Crippen molar-refractivity contribution in [3.05, 3.63) is 52.8 Å².